The lowest BCUT2D eigenvalue weighted by Gasteiger charge is -2.18. The number of benzene rings is 2. The Balaban J connectivity index is 1.69. The maximum absolute atomic E-state index is 12.6. The quantitative estimate of drug-likeness (QED) is 0.0625. The van der Waals surface area contributed by atoms with Crippen molar-refractivity contribution >= 4 is 11.9 Å². The molecule has 0 spiro atoms. The Kier molecular flexibility index (Phi) is 17.5. The van der Waals surface area contributed by atoms with E-state index in [1.54, 1.807) is 48.5 Å². The van der Waals surface area contributed by atoms with Crippen LogP contribution in [0.3, 0.4) is 0 Å². The van der Waals surface area contributed by atoms with E-state index in [9.17, 15) is 9.59 Å². The van der Waals surface area contributed by atoms with E-state index >= 15 is 0 Å². The van der Waals surface area contributed by atoms with Gasteiger partial charge in [-0.2, -0.15) is 0 Å². The van der Waals surface area contributed by atoms with Crippen molar-refractivity contribution in [2.24, 2.45) is 0 Å². The average Bonchev–Trinajstić information content (AvgIpc) is 2.97. The minimum atomic E-state index is -0.549. The lowest BCUT2D eigenvalue weighted by Crippen LogP contribution is -2.22. The zero-order chi connectivity index (χ0) is 28.8. The summed E-state index contributed by atoms with van der Waals surface area (Å²) >= 11 is 0. The molecule has 0 aliphatic rings. The van der Waals surface area contributed by atoms with E-state index in [1.807, 2.05) is 6.92 Å². The Bertz CT molecular complexity index is 930. The molecule has 0 saturated heterocycles. The molecule has 0 bridgehead atoms. The largest absolute Gasteiger partial charge is 0.494 e. The molecule has 6 nitrogen and oxygen atoms in total. The topological polar surface area (TPSA) is 71.1 Å². The summed E-state index contributed by atoms with van der Waals surface area (Å²) in [5.74, 6) is 0.177. The number of esters is 2. The van der Waals surface area contributed by atoms with Crippen LogP contribution < -0.4 is 9.47 Å². The standard InChI is InChI=1S/C34H50O6/c1-4-7-9-10-11-12-13-14-15-16-27-37-30-22-18-28(19-23-30)33(35)39-31-24-20-29(21-25-31)34(36)40-32(17-8-5-2)38-26-6-3/h18-25,32H,4-17,26-27H2,1-3H3. The number of rotatable bonds is 22. The van der Waals surface area contributed by atoms with Crippen molar-refractivity contribution in [2.75, 3.05) is 13.2 Å². The van der Waals surface area contributed by atoms with Crippen LogP contribution >= 0.6 is 0 Å². The molecule has 0 fully saturated rings. The number of unbranched alkanes of at least 4 members (excludes halogenated alkanes) is 10. The minimum Gasteiger partial charge on any atom is -0.494 e. The molecule has 6 heteroatoms. The van der Waals surface area contributed by atoms with E-state index in [2.05, 4.69) is 13.8 Å². The number of carbonyl (C=O) groups excluding carboxylic acids is 2. The van der Waals surface area contributed by atoms with Gasteiger partial charge < -0.3 is 18.9 Å². The number of carbonyl (C=O) groups is 2. The molecule has 0 aliphatic carbocycles. The fraction of sp³-hybridized carbons (Fsp3) is 0.588. The summed E-state index contributed by atoms with van der Waals surface area (Å²) in [6.07, 6.45) is 15.8. The van der Waals surface area contributed by atoms with E-state index in [0.29, 0.717) is 36.5 Å². The summed E-state index contributed by atoms with van der Waals surface area (Å²) in [7, 11) is 0. The summed E-state index contributed by atoms with van der Waals surface area (Å²) in [6, 6.07) is 13.4. The molecule has 0 radical (unpaired) electrons. The molecule has 2 aromatic rings. The number of hydrogen-bond donors (Lipinski definition) is 0. The van der Waals surface area contributed by atoms with Gasteiger partial charge in [0.05, 0.1) is 24.3 Å². The zero-order valence-electron chi connectivity index (χ0n) is 25.0. The van der Waals surface area contributed by atoms with Crippen LogP contribution in [0.2, 0.25) is 0 Å². The fourth-order valence-corrected chi connectivity index (χ4v) is 4.28. The van der Waals surface area contributed by atoms with Crippen LogP contribution in [0.15, 0.2) is 48.5 Å². The molecule has 0 aromatic heterocycles. The molecule has 1 unspecified atom stereocenters. The second-order valence-corrected chi connectivity index (χ2v) is 10.3. The lowest BCUT2D eigenvalue weighted by molar-refractivity contribution is -0.114. The molecule has 0 amide bonds. The van der Waals surface area contributed by atoms with Crippen molar-refractivity contribution in [2.45, 2.75) is 117 Å². The van der Waals surface area contributed by atoms with Crippen LogP contribution in [-0.2, 0) is 9.47 Å². The van der Waals surface area contributed by atoms with Crippen LogP contribution in [0.1, 0.15) is 131 Å². The van der Waals surface area contributed by atoms with Gasteiger partial charge in [-0.05, 0) is 67.8 Å². The van der Waals surface area contributed by atoms with Gasteiger partial charge >= 0.3 is 11.9 Å². The first-order chi connectivity index (χ1) is 19.6. The van der Waals surface area contributed by atoms with Gasteiger partial charge in [0.15, 0.2) is 0 Å². The van der Waals surface area contributed by atoms with Crippen molar-refractivity contribution in [3.05, 3.63) is 59.7 Å². The first kappa shape index (κ1) is 33.3. The predicted octanol–water partition coefficient (Wildman–Crippen LogP) is 9.31. The third-order valence-corrected chi connectivity index (χ3v) is 6.70. The normalized spacial score (nSPS) is 11.7. The zero-order valence-corrected chi connectivity index (χ0v) is 25.0. The maximum Gasteiger partial charge on any atom is 0.343 e. The summed E-state index contributed by atoms with van der Waals surface area (Å²) < 4.78 is 22.5. The SMILES string of the molecule is CCCCCCCCCCCCOc1ccc(C(=O)Oc2ccc(C(=O)OC(CCCC)OCCC)cc2)cc1. The molecule has 2 rings (SSSR count). The first-order valence-corrected chi connectivity index (χ1v) is 15.4. The average molecular weight is 555 g/mol. The van der Waals surface area contributed by atoms with Gasteiger partial charge in [-0.3, -0.25) is 0 Å². The van der Waals surface area contributed by atoms with Crippen LogP contribution in [0.4, 0.5) is 0 Å². The highest BCUT2D eigenvalue weighted by Crippen LogP contribution is 2.19. The maximum atomic E-state index is 12.6. The second-order valence-electron chi connectivity index (χ2n) is 10.3. The van der Waals surface area contributed by atoms with Crippen molar-refractivity contribution in [3.63, 3.8) is 0 Å². The van der Waals surface area contributed by atoms with E-state index in [4.69, 9.17) is 18.9 Å². The highest BCUT2D eigenvalue weighted by molar-refractivity contribution is 5.92. The molecule has 0 aliphatic heterocycles. The molecule has 222 valence electrons. The Morgan fingerprint density at radius 3 is 1.68 bits per heavy atom. The van der Waals surface area contributed by atoms with Gasteiger partial charge in [-0.15, -0.1) is 0 Å². The Labute approximate surface area is 241 Å². The molecular formula is C34H50O6. The monoisotopic (exact) mass is 554 g/mol. The predicted molar refractivity (Wildman–Crippen MR) is 160 cm³/mol. The van der Waals surface area contributed by atoms with Gasteiger partial charge in [-0.25, -0.2) is 9.59 Å². The Morgan fingerprint density at radius 1 is 0.575 bits per heavy atom. The number of ether oxygens (including phenoxy) is 4. The third kappa shape index (κ3) is 14.0. The van der Waals surface area contributed by atoms with E-state index < -0.39 is 18.2 Å². The van der Waals surface area contributed by atoms with Crippen molar-refractivity contribution < 1.29 is 28.5 Å². The second kappa shape index (κ2) is 21.0. The summed E-state index contributed by atoms with van der Waals surface area (Å²) in [4.78, 5) is 25.1. The summed E-state index contributed by atoms with van der Waals surface area (Å²) in [6.45, 7) is 7.58. The fourth-order valence-electron chi connectivity index (χ4n) is 4.28. The highest BCUT2D eigenvalue weighted by atomic mass is 16.7. The van der Waals surface area contributed by atoms with Gasteiger partial charge in [0.25, 0.3) is 0 Å². The Hall–Kier alpha value is -2.86. The summed E-state index contributed by atoms with van der Waals surface area (Å²) in [5, 5.41) is 0. The van der Waals surface area contributed by atoms with E-state index in [1.165, 1.54) is 57.8 Å². The molecule has 0 heterocycles. The van der Waals surface area contributed by atoms with Crippen LogP contribution in [0, 0.1) is 0 Å². The van der Waals surface area contributed by atoms with Crippen molar-refractivity contribution in [1.29, 1.82) is 0 Å². The molecule has 40 heavy (non-hydrogen) atoms. The van der Waals surface area contributed by atoms with Crippen molar-refractivity contribution in [1.82, 2.24) is 0 Å². The lowest BCUT2D eigenvalue weighted by atomic mass is 10.1. The summed E-state index contributed by atoms with van der Waals surface area (Å²) in [5.41, 5.74) is 0.812. The minimum absolute atomic E-state index is 0.354. The van der Waals surface area contributed by atoms with E-state index in [0.717, 1.165) is 31.4 Å². The van der Waals surface area contributed by atoms with Crippen LogP contribution in [0.5, 0.6) is 11.5 Å². The van der Waals surface area contributed by atoms with Crippen molar-refractivity contribution in [3.8, 4) is 11.5 Å². The van der Waals surface area contributed by atoms with E-state index in [-0.39, 0.29) is 0 Å². The van der Waals surface area contributed by atoms with Crippen LogP contribution in [0.25, 0.3) is 0 Å². The van der Waals surface area contributed by atoms with Crippen LogP contribution in [-0.4, -0.2) is 31.4 Å². The molecule has 1 atom stereocenters. The van der Waals surface area contributed by atoms with Gasteiger partial charge in [0.2, 0.25) is 6.29 Å². The van der Waals surface area contributed by atoms with Gasteiger partial charge in [-0.1, -0.05) is 85.0 Å². The highest BCUT2D eigenvalue weighted by Gasteiger charge is 2.17. The molecular weight excluding hydrogens is 504 g/mol. The van der Waals surface area contributed by atoms with Gasteiger partial charge in [0.1, 0.15) is 11.5 Å². The molecule has 2 aromatic carbocycles. The molecule has 0 saturated carbocycles. The number of hydrogen-bond acceptors (Lipinski definition) is 6. The smallest absolute Gasteiger partial charge is 0.343 e. The Morgan fingerprint density at radius 2 is 1.10 bits per heavy atom. The first-order valence-electron chi connectivity index (χ1n) is 15.4. The third-order valence-electron chi connectivity index (χ3n) is 6.70. The van der Waals surface area contributed by atoms with Gasteiger partial charge in [0, 0.05) is 6.42 Å². The molecule has 0 N–H and O–H groups in total.